The topological polar surface area (TPSA) is 63.4 Å². The number of anilines is 1. The van der Waals surface area contributed by atoms with E-state index in [0.29, 0.717) is 12.2 Å². The molecule has 0 spiro atoms. The van der Waals surface area contributed by atoms with Gasteiger partial charge in [-0.15, -0.1) is 0 Å². The van der Waals surface area contributed by atoms with Gasteiger partial charge >= 0.3 is 0 Å². The highest BCUT2D eigenvalue weighted by molar-refractivity contribution is 6.24. The van der Waals surface area contributed by atoms with Crippen molar-refractivity contribution in [2.45, 2.75) is 13.3 Å². The fourth-order valence-electron chi connectivity index (χ4n) is 2.51. The molecule has 2 unspecified atom stereocenters. The van der Waals surface area contributed by atoms with Crippen LogP contribution in [0.5, 0.6) is 0 Å². The number of hydrogen-bond acceptors (Lipinski definition) is 3. The van der Waals surface area contributed by atoms with Gasteiger partial charge in [0.05, 0.1) is 24.1 Å². The SMILES string of the molecule is Cc1cc(N2C(=O)C3CC3C2=O)ccc1C#CCN. The third kappa shape index (κ3) is 1.83. The Bertz CT molecular complexity index is 619. The van der Waals surface area contributed by atoms with Crippen LogP contribution in [0.25, 0.3) is 0 Å². The molecule has 3 rings (SSSR count). The molecule has 96 valence electrons. The molecule has 2 aliphatic rings. The summed E-state index contributed by atoms with van der Waals surface area (Å²) in [6.45, 7) is 2.23. The second kappa shape index (κ2) is 4.22. The number of carbonyl (C=O) groups is 2. The average Bonchev–Trinajstić information content (AvgIpc) is 3.13. The minimum absolute atomic E-state index is 0.0600. The molecule has 1 aliphatic carbocycles. The molecule has 4 heteroatoms. The van der Waals surface area contributed by atoms with Gasteiger partial charge < -0.3 is 5.73 Å². The lowest BCUT2D eigenvalue weighted by atomic mass is 10.1. The predicted octanol–water partition coefficient (Wildman–Crippen LogP) is 0.815. The van der Waals surface area contributed by atoms with E-state index in [9.17, 15) is 9.59 Å². The molecule has 1 saturated carbocycles. The minimum atomic E-state index is -0.0653. The third-order valence-corrected chi connectivity index (χ3v) is 3.66. The van der Waals surface area contributed by atoms with Gasteiger partial charge in [-0.05, 0) is 37.1 Å². The van der Waals surface area contributed by atoms with Crippen molar-refractivity contribution in [3.05, 3.63) is 29.3 Å². The summed E-state index contributed by atoms with van der Waals surface area (Å²) in [7, 11) is 0. The molecule has 1 saturated heterocycles. The molecule has 2 fully saturated rings. The van der Waals surface area contributed by atoms with E-state index in [1.807, 2.05) is 19.1 Å². The van der Waals surface area contributed by atoms with Crippen LogP contribution in [-0.4, -0.2) is 18.4 Å². The van der Waals surface area contributed by atoms with Crippen LogP contribution in [0, 0.1) is 30.6 Å². The van der Waals surface area contributed by atoms with Gasteiger partial charge in [0, 0.05) is 5.56 Å². The Morgan fingerprint density at radius 2 is 2.00 bits per heavy atom. The number of aryl methyl sites for hydroxylation is 1. The maximum atomic E-state index is 12.0. The number of nitrogens with zero attached hydrogens (tertiary/aromatic N) is 1. The molecule has 2 amide bonds. The molecule has 1 aliphatic heterocycles. The van der Waals surface area contributed by atoms with E-state index in [-0.39, 0.29) is 23.7 Å². The second-order valence-electron chi connectivity index (χ2n) is 4.97. The first kappa shape index (κ1) is 11.9. The Kier molecular flexibility index (Phi) is 2.65. The highest BCUT2D eigenvalue weighted by Gasteiger charge is 2.59. The van der Waals surface area contributed by atoms with Gasteiger partial charge in [-0.1, -0.05) is 11.8 Å². The molecular weight excluding hydrogens is 240 g/mol. The second-order valence-corrected chi connectivity index (χ2v) is 4.97. The zero-order valence-corrected chi connectivity index (χ0v) is 10.6. The first-order valence-electron chi connectivity index (χ1n) is 6.31. The van der Waals surface area contributed by atoms with Crippen LogP contribution in [0.4, 0.5) is 5.69 Å². The lowest BCUT2D eigenvalue weighted by Gasteiger charge is -2.17. The molecule has 0 radical (unpaired) electrons. The van der Waals surface area contributed by atoms with Gasteiger partial charge in [-0.3, -0.25) is 14.5 Å². The van der Waals surface area contributed by atoms with E-state index in [0.717, 1.165) is 17.5 Å². The number of piperidine rings is 1. The van der Waals surface area contributed by atoms with Gasteiger partial charge in [0.25, 0.3) is 0 Å². The van der Waals surface area contributed by atoms with Crippen molar-refractivity contribution in [3.63, 3.8) is 0 Å². The maximum absolute atomic E-state index is 12.0. The number of nitrogens with two attached hydrogens (primary N) is 1. The van der Waals surface area contributed by atoms with Crippen molar-refractivity contribution in [1.82, 2.24) is 0 Å². The molecule has 2 atom stereocenters. The summed E-state index contributed by atoms with van der Waals surface area (Å²) in [6, 6.07) is 5.44. The van der Waals surface area contributed by atoms with Crippen molar-refractivity contribution < 1.29 is 9.59 Å². The summed E-state index contributed by atoms with van der Waals surface area (Å²) in [6.07, 6.45) is 0.729. The predicted molar refractivity (Wildman–Crippen MR) is 71.2 cm³/mol. The highest BCUT2D eigenvalue weighted by atomic mass is 16.2. The van der Waals surface area contributed by atoms with Crippen LogP contribution >= 0.6 is 0 Å². The average molecular weight is 254 g/mol. The Hall–Kier alpha value is -2.12. The number of rotatable bonds is 1. The zero-order valence-electron chi connectivity index (χ0n) is 10.6. The van der Waals surface area contributed by atoms with E-state index >= 15 is 0 Å². The van der Waals surface area contributed by atoms with Crippen molar-refractivity contribution in [1.29, 1.82) is 0 Å². The van der Waals surface area contributed by atoms with Gasteiger partial charge in [-0.25, -0.2) is 0 Å². The van der Waals surface area contributed by atoms with Gasteiger partial charge in [-0.2, -0.15) is 0 Å². The van der Waals surface area contributed by atoms with Crippen LogP contribution in [0.2, 0.25) is 0 Å². The Morgan fingerprint density at radius 1 is 1.32 bits per heavy atom. The van der Waals surface area contributed by atoms with Crippen LogP contribution < -0.4 is 10.6 Å². The lowest BCUT2D eigenvalue weighted by Crippen LogP contribution is -2.32. The van der Waals surface area contributed by atoms with E-state index in [1.54, 1.807) is 6.07 Å². The largest absolute Gasteiger partial charge is 0.320 e. The Balaban J connectivity index is 1.93. The van der Waals surface area contributed by atoms with E-state index in [2.05, 4.69) is 11.8 Å². The summed E-state index contributed by atoms with van der Waals surface area (Å²) in [5, 5.41) is 0. The molecule has 1 aromatic carbocycles. The molecule has 2 N–H and O–H groups in total. The zero-order chi connectivity index (χ0) is 13.6. The van der Waals surface area contributed by atoms with Crippen molar-refractivity contribution in [3.8, 4) is 11.8 Å². The summed E-state index contributed by atoms with van der Waals surface area (Å²) < 4.78 is 0. The van der Waals surface area contributed by atoms with Crippen molar-refractivity contribution >= 4 is 17.5 Å². The van der Waals surface area contributed by atoms with Gasteiger partial charge in [0.2, 0.25) is 11.8 Å². The molecule has 1 aromatic rings. The summed E-state index contributed by atoms with van der Waals surface area (Å²) in [5.74, 6) is 5.51. The molecule has 19 heavy (non-hydrogen) atoms. The Morgan fingerprint density at radius 3 is 2.58 bits per heavy atom. The Labute approximate surface area is 111 Å². The van der Waals surface area contributed by atoms with Gasteiger partial charge in [0.15, 0.2) is 0 Å². The number of carbonyl (C=O) groups excluding carboxylic acids is 2. The van der Waals surface area contributed by atoms with Crippen molar-refractivity contribution in [2.75, 3.05) is 11.4 Å². The minimum Gasteiger partial charge on any atom is -0.320 e. The molecule has 0 aromatic heterocycles. The molecule has 1 heterocycles. The maximum Gasteiger partial charge on any atom is 0.237 e. The lowest BCUT2D eigenvalue weighted by molar-refractivity contribution is -0.123. The normalized spacial score (nSPS) is 24.0. The van der Waals surface area contributed by atoms with E-state index in [1.165, 1.54) is 4.90 Å². The smallest absolute Gasteiger partial charge is 0.237 e. The monoisotopic (exact) mass is 254 g/mol. The summed E-state index contributed by atoms with van der Waals surface area (Å²) in [5.41, 5.74) is 7.81. The standard InChI is InChI=1S/C15H14N2O2/c1-9-7-11(5-4-10(9)3-2-6-16)17-14(18)12-8-13(12)15(17)19/h4-5,7,12-13H,6,8,16H2,1H3. The van der Waals surface area contributed by atoms with E-state index < -0.39 is 0 Å². The number of imide groups is 1. The fraction of sp³-hybridized carbons (Fsp3) is 0.333. The quantitative estimate of drug-likeness (QED) is 0.596. The van der Waals surface area contributed by atoms with Gasteiger partial charge in [0.1, 0.15) is 0 Å². The number of fused-ring (bicyclic) bond motifs is 1. The van der Waals surface area contributed by atoms with Crippen LogP contribution in [0.3, 0.4) is 0 Å². The first-order valence-corrected chi connectivity index (χ1v) is 6.31. The molecule has 0 bridgehead atoms. The van der Waals surface area contributed by atoms with Crippen LogP contribution in [-0.2, 0) is 9.59 Å². The molecular formula is C15H14N2O2. The number of benzene rings is 1. The third-order valence-electron chi connectivity index (χ3n) is 3.66. The summed E-state index contributed by atoms with van der Waals surface area (Å²) >= 11 is 0. The highest BCUT2D eigenvalue weighted by Crippen LogP contribution is 2.48. The molecule has 4 nitrogen and oxygen atoms in total. The number of amides is 2. The van der Waals surface area contributed by atoms with Crippen LogP contribution in [0.15, 0.2) is 18.2 Å². The fourth-order valence-corrected chi connectivity index (χ4v) is 2.51. The van der Waals surface area contributed by atoms with E-state index in [4.69, 9.17) is 5.73 Å². The summed E-state index contributed by atoms with van der Waals surface area (Å²) in [4.78, 5) is 25.3. The number of hydrogen-bond donors (Lipinski definition) is 1. The van der Waals surface area contributed by atoms with Crippen LogP contribution in [0.1, 0.15) is 17.5 Å². The first-order chi connectivity index (χ1) is 9.13. The van der Waals surface area contributed by atoms with Crippen molar-refractivity contribution in [2.24, 2.45) is 17.6 Å².